The number of hydrogen-bond acceptors (Lipinski definition) is 1. The van der Waals surface area contributed by atoms with Gasteiger partial charge < -0.3 is 5.32 Å². The quantitative estimate of drug-likeness (QED) is 0.844. The number of nitrogens with one attached hydrogen (secondary N) is 1. The standard InChI is InChI=1S/C13H18INO/c1-9(2)15-13(16)7-6-11-5-4-10(3)12(14)8-11/h4-5,8-9H,6-7H2,1-3H3,(H,15,16). The van der Waals surface area contributed by atoms with Crippen LogP contribution < -0.4 is 5.32 Å². The normalized spacial score (nSPS) is 10.6. The highest BCUT2D eigenvalue weighted by atomic mass is 127. The predicted octanol–water partition coefficient (Wildman–Crippen LogP) is 3.06. The van der Waals surface area contributed by atoms with E-state index in [2.05, 4.69) is 53.0 Å². The van der Waals surface area contributed by atoms with Gasteiger partial charge in [-0.05, 0) is 67.0 Å². The van der Waals surface area contributed by atoms with Crippen molar-refractivity contribution in [3.8, 4) is 0 Å². The Kier molecular flexibility index (Phi) is 5.25. The molecule has 0 radical (unpaired) electrons. The fraction of sp³-hybridized carbons (Fsp3) is 0.462. The molecule has 1 amide bonds. The summed E-state index contributed by atoms with van der Waals surface area (Å²) in [6, 6.07) is 6.58. The van der Waals surface area contributed by atoms with E-state index >= 15 is 0 Å². The topological polar surface area (TPSA) is 29.1 Å². The summed E-state index contributed by atoms with van der Waals surface area (Å²) in [6.07, 6.45) is 1.38. The van der Waals surface area contributed by atoms with Gasteiger partial charge in [-0.25, -0.2) is 0 Å². The Bertz CT molecular complexity index is 374. The molecule has 0 aliphatic carbocycles. The molecule has 0 heterocycles. The van der Waals surface area contributed by atoms with Crippen LogP contribution in [0.15, 0.2) is 18.2 Å². The zero-order valence-corrected chi connectivity index (χ0v) is 12.2. The molecule has 0 bridgehead atoms. The Labute approximate surface area is 111 Å². The van der Waals surface area contributed by atoms with Gasteiger partial charge in [0.05, 0.1) is 0 Å². The van der Waals surface area contributed by atoms with E-state index in [9.17, 15) is 4.79 Å². The summed E-state index contributed by atoms with van der Waals surface area (Å²) in [5, 5.41) is 2.90. The lowest BCUT2D eigenvalue weighted by atomic mass is 10.1. The van der Waals surface area contributed by atoms with Crippen LogP contribution >= 0.6 is 22.6 Å². The second kappa shape index (κ2) is 6.23. The van der Waals surface area contributed by atoms with Gasteiger partial charge in [-0.2, -0.15) is 0 Å². The summed E-state index contributed by atoms with van der Waals surface area (Å²) < 4.78 is 1.26. The van der Waals surface area contributed by atoms with Crippen molar-refractivity contribution in [2.45, 2.75) is 39.7 Å². The first kappa shape index (κ1) is 13.5. The van der Waals surface area contributed by atoms with Gasteiger partial charge in [-0.1, -0.05) is 12.1 Å². The van der Waals surface area contributed by atoms with Crippen molar-refractivity contribution in [2.75, 3.05) is 0 Å². The molecular weight excluding hydrogens is 313 g/mol. The molecule has 1 aromatic carbocycles. The molecule has 1 aromatic rings. The second-order valence-electron chi connectivity index (χ2n) is 4.31. The number of benzene rings is 1. The lowest BCUT2D eigenvalue weighted by Gasteiger charge is -2.08. The Morgan fingerprint density at radius 2 is 2.12 bits per heavy atom. The SMILES string of the molecule is Cc1ccc(CCC(=O)NC(C)C)cc1I. The smallest absolute Gasteiger partial charge is 0.220 e. The van der Waals surface area contributed by atoms with E-state index in [0.717, 1.165) is 6.42 Å². The first-order valence-corrected chi connectivity index (χ1v) is 6.61. The monoisotopic (exact) mass is 331 g/mol. The third-order valence-electron chi connectivity index (χ3n) is 2.33. The molecule has 0 aromatic heterocycles. The van der Waals surface area contributed by atoms with Crippen LogP contribution in [0, 0.1) is 10.5 Å². The van der Waals surface area contributed by atoms with Crippen LogP contribution in [0.25, 0.3) is 0 Å². The van der Waals surface area contributed by atoms with Crippen molar-refractivity contribution in [1.82, 2.24) is 5.32 Å². The maximum atomic E-state index is 11.5. The minimum Gasteiger partial charge on any atom is -0.354 e. The zero-order chi connectivity index (χ0) is 12.1. The van der Waals surface area contributed by atoms with Crippen LogP contribution in [0.1, 0.15) is 31.4 Å². The lowest BCUT2D eigenvalue weighted by Crippen LogP contribution is -2.30. The van der Waals surface area contributed by atoms with Crippen LogP contribution in [0.3, 0.4) is 0 Å². The van der Waals surface area contributed by atoms with E-state index in [-0.39, 0.29) is 11.9 Å². The summed E-state index contributed by atoms with van der Waals surface area (Å²) in [5.74, 6) is 0.130. The molecule has 3 heteroatoms. The second-order valence-corrected chi connectivity index (χ2v) is 5.47. The highest BCUT2D eigenvalue weighted by molar-refractivity contribution is 14.1. The van der Waals surface area contributed by atoms with Crippen LogP contribution in [0.5, 0.6) is 0 Å². The van der Waals surface area contributed by atoms with Crippen LogP contribution in [0.4, 0.5) is 0 Å². The third kappa shape index (κ3) is 4.51. The predicted molar refractivity (Wildman–Crippen MR) is 75.5 cm³/mol. The van der Waals surface area contributed by atoms with Gasteiger partial charge in [0.15, 0.2) is 0 Å². The third-order valence-corrected chi connectivity index (χ3v) is 3.49. The summed E-state index contributed by atoms with van der Waals surface area (Å²) in [4.78, 5) is 11.5. The summed E-state index contributed by atoms with van der Waals surface area (Å²) in [5.41, 5.74) is 2.52. The van der Waals surface area contributed by atoms with Gasteiger partial charge in [0.1, 0.15) is 0 Å². The number of hydrogen-bond donors (Lipinski definition) is 1. The first-order valence-electron chi connectivity index (χ1n) is 5.53. The summed E-state index contributed by atoms with van der Waals surface area (Å²) in [6.45, 7) is 6.05. The van der Waals surface area contributed by atoms with Gasteiger partial charge in [-0.3, -0.25) is 4.79 Å². The fourth-order valence-corrected chi connectivity index (χ4v) is 2.02. The van der Waals surface area contributed by atoms with E-state index < -0.39 is 0 Å². The van der Waals surface area contributed by atoms with E-state index in [4.69, 9.17) is 0 Å². The molecule has 0 aliphatic heterocycles. The molecule has 0 saturated heterocycles. The molecular formula is C13H18INO. The number of carbonyl (C=O) groups is 1. The summed E-state index contributed by atoms with van der Waals surface area (Å²) >= 11 is 2.33. The number of rotatable bonds is 4. The first-order chi connectivity index (χ1) is 7.49. The fourth-order valence-electron chi connectivity index (χ4n) is 1.44. The maximum Gasteiger partial charge on any atom is 0.220 e. The van der Waals surface area contributed by atoms with Crippen molar-refractivity contribution in [1.29, 1.82) is 0 Å². The Hall–Kier alpha value is -0.580. The average molecular weight is 331 g/mol. The minimum atomic E-state index is 0.130. The van der Waals surface area contributed by atoms with Crippen molar-refractivity contribution >= 4 is 28.5 Å². The molecule has 0 fully saturated rings. The Balaban J connectivity index is 2.48. The van der Waals surface area contributed by atoms with Crippen molar-refractivity contribution < 1.29 is 4.79 Å². The van der Waals surface area contributed by atoms with Gasteiger partial charge in [0.2, 0.25) is 5.91 Å². The number of amides is 1. The molecule has 88 valence electrons. The minimum absolute atomic E-state index is 0.130. The number of carbonyl (C=O) groups excluding carboxylic acids is 1. The molecule has 1 N–H and O–H groups in total. The van der Waals surface area contributed by atoms with Gasteiger partial charge in [0.25, 0.3) is 0 Å². The number of aryl methyl sites for hydroxylation is 2. The summed E-state index contributed by atoms with van der Waals surface area (Å²) in [7, 11) is 0. The molecule has 1 rings (SSSR count). The Morgan fingerprint density at radius 3 is 2.69 bits per heavy atom. The largest absolute Gasteiger partial charge is 0.354 e. The molecule has 0 atom stereocenters. The van der Waals surface area contributed by atoms with Crippen molar-refractivity contribution in [3.05, 3.63) is 32.9 Å². The van der Waals surface area contributed by atoms with Crippen molar-refractivity contribution in [2.24, 2.45) is 0 Å². The number of halogens is 1. The molecule has 2 nitrogen and oxygen atoms in total. The van der Waals surface area contributed by atoms with Gasteiger partial charge in [-0.15, -0.1) is 0 Å². The van der Waals surface area contributed by atoms with E-state index in [1.807, 2.05) is 13.8 Å². The molecule has 16 heavy (non-hydrogen) atoms. The van der Waals surface area contributed by atoms with Crippen LogP contribution in [-0.4, -0.2) is 11.9 Å². The van der Waals surface area contributed by atoms with Crippen LogP contribution in [0.2, 0.25) is 0 Å². The Morgan fingerprint density at radius 1 is 1.44 bits per heavy atom. The maximum absolute atomic E-state index is 11.5. The highest BCUT2D eigenvalue weighted by Gasteiger charge is 2.04. The van der Waals surface area contributed by atoms with E-state index in [1.165, 1.54) is 14.7 Å². The van der Waals surface area contributed by atoms with Gasteiger partial charge in [0, 0.05) is 16.0 Å². The molecule has 0 unspecified atom stereocenters. The van der Waals surface area contributed by atoms with Crippen molar-refractivity contribution in [3.63, 3.8) is 0 Å². The average Bonchev–Trinajstić information content (AvgIpc) is 2.19. The van der Waals surface area contributed by atoms with E-state index in [0.29, 0.717) is 6.42 Å². The lowest BCUT2D eigenvalue weighted by molar-refractivity contribution is -0.121. The van der Waals surface area contributed by atoms with Gasteiger partial charge >= 0.3 is 0 Å². The zero-order valence-electron chi connectivity index (χ0n) is 10.0. The molecule has 0 aliphatic rings. The molecule has 0 spiro atoms. The van der Waals surface area contributed by atoms with Crippen LogP contribution in [-0.2, 0) is 11.2 Å². The highest BCUT2D eigenvalue weighted by Crippen LogP contribution is 2.14. The van der Waals surface area contributed by atoms with E-state index in [1.54, 1.807) is 0 Å². The molecule has 0 saturated carbocycles.